The van der Waals surface area contributed by atoms with E-state index in [1.807, 2.05) is 20.8 Å². The van der Waals surface area contributed by atoms with Crippen LogP contribution in [0.15, 0.2) is 0 Å². The average molecular weight is 160 g/mol. The van der Waals surface area contributed by atoms with Gasteiger partial charge in [-0.3, -0.25) is 0 Å². The molecule has 3 nitrogen and oxygen atoms in total. The van der Waals surface area contributed by atoms with E-state index in [1.54, 1.807) is 0 Å². The van der Waals surface area contributed by atoms with Gasteiger partial charge in [0.05, 0.1) is 13.2 Å². The van der Waals surface area contributed by atoms with Crippen LogP contribution in [0, 0.1) is 0 Å². The van der Waals surface area contributed by atoms with Crippen LogP contribution in [0.25, 0.3) is 0 Å². The molecule has 2 unspecified atom stereocenters. The predicted molar refractivity (Wildman–Crippen MR) is 41.4 cm³/mol. The van der Waals surface area contributed by atoms with Gasteiger partial charge in [0.1, 0.15) is 5.60 Å². The number of hydrogen-bond donors (Lipinski definition) is 0. The van der Waals surface area contributed by atoms with Crippen LogP contribution in [0.2, 0.25) is 0 Å². The monoisotopic (exact) mass is 160 g/mol. The third-order valence-corrected chi connectivity index (χ3v) is 1.66. The highest BCUT2D eigenvalue weighted by Crippen LogP contribution is 2.26. The molecule has 1 heterocycles. The molecule has 1 aliphatic heterocycles. The molecular formula is C8H16O3. The molecule has 1 fully saturated rings. The fourth-order valence-corrected chi connectivity index (χ4v) is 0.783. The van der Waals surface area contributed by atoms with E-state index in [9.17, 15) is 0 Å². The molecule has 0 spiro atoms. The van der Waals surface area contributed by atoms with Crippen LogP contribution in [0.4, 0.5) is 0 Å². The van der Waals surface area contributed by atoms with E-state index in [1.165, 1.54) is 0 Å². The van der Waals surface area contributed by atoms with Gasteiger partial charge in [0, 0.05) is 6.61 Å². The van der Waals surface area contributed by atoms with Crippen LogP contribution in [0.3, 0.4) is 0 Å². The quantitative estimate of drug-likeness (QED) is 0.447. The number of ether oxygens (including phenoxy) is 3. The minimum Gasteiger partial charge on any atom is -0.367 e. The lowest BCUT2D eigenvalue weighted by molar-refractivity contribution is -0.136. The van der Waals surface area contributed by atoms with Gasteiger partial charge in [0.25, 0.3) is 0 Å². The van der Waals surface area contributed by atoms with Crippen molar-refractivity contribution in [3.8, 4) is 0 Å². The first kappa shape index (κ1) is 8.97. The second-order valence-corrected chi connectivity index (χ2v) is 3.07. The first-order valence-corrected chi connectivity index (χ1v) is 4.03. The highest BCUT2D eigenvalue weighted by Gasteiger charge is 2.39. The molecule has 1 rings (SSSR count). The molecule has 0 aromatic rings. The van der Waals surface area contributed by atoms with E-state index in [-0.39, 0.29) is 11.9 Å². The Morgan fingerprint density at radius 2 is 2.18 bits per heavy atom. The molecule has 2 atom stereocenters. The van der Waals surface area contributed by atoms with E-state index in [4.69, 9.17) is 14.2 Å². The van der Waals surface area contributed by atoms with Crippen molar-refractivity contribution in [2.45, 2.75) is 32.7 Å². The summed E-state index contributed by atoms with van der Waals surface area (Å²) in [6, 6.07) is 0. The van der Waals surface area contributed by atoms with Crippen molar-refractivity contribution in [2.24, 2.45) is 0 Å². The molecule has 0 aliphatic carbocycles. The smallest absolute Gasteiger partial charge is 0.154 e. The van der Waals surface area contributed by atoms with Crippen molar-refractivity contribution in [1.82, 2.24) is 0 Å². The van der Waals surface area contributed by atoms with Crippen LogP contribution in [-0.4, -0.2) is 31.7 Å². The van der Waals surface area contributed by atoms with Crippen molar-refractivity contribution in [3.63, 3.8) is 0 Å². The van der Waals surface area contributed by atoms with E-state index < -0.39 is 0 Å². The summed E-state index contributed by atoms with van der Waals surface area (Å²) in [5.74, 6) is 0. The summed E-state index contributed by atoms with van der Waals surface area (Å²) in [6.07, 6.45) is -0.110. The SMILES string of the molecule is CCOC(C)OCC1(C)CO1. The normalized spacial score (nSPS) is 31.9. The number of epoxide rings is 1. The zero-order valence-electron chi connectivity index (χ0n) is 7.42. The molecule has 0 aromatic carbocycles. The Kier molecular flexibility index (Phi) is 2.87. The van der Waals surface area contributed by atoms with Gasteiger partial charge in [0.15, 0.2) is 6.29 Å². The average Bonchev–Trinajstić information content (AvgIpc) is 2.66. The molecule has 0 saturated carbocycles. The standard InChI is InChI=1S/C8H16O3/c1-4-9-7(2)10-5-8(3)6-11-8/h7H,4-6H2,1-3H3. The molecule has 66 valence electrons. The van der Waals surface area contributed by atoms with Gasteiger partial charge >= 0.3 is 0 Å². The first-order chi connectivity index (χ1) is 5.16. The summed E-state index contributed by atoms with van der Waals surface area (Å²) in [5, 5.41) is 0. The Morgan fingerprint density at radius 3 is 2.64 bits per heavy atom. The van der Waals surface area contributed by atoms with Gasteiger partial charge in [-0.1, -0.05) is 0 Å². The molecule has 11 heavy (non-hydrogen) atoms. The lowest BCUT2D eigenvalue weighted by Gasteiger charge is -2.13. The Bertz CT molecular complexity index is 121. The maximum absolute atomic E-state index is 5.36. The zero-order valence-corrected chi connectivity index (χ0v) is 7.42. The summed E-state index contributed by atoms with van der Waals surface area (Å²) in [4.78, 5) is 0. The summed E-state index contributed by atoms with van der Waals surface area (Å²) < 4.78 is 15.7. The summed E-state index contributed by atoms with van der Waals surface area (Å²) in [6.45, 7) is 8.02. The lowest BCUT2D eigenvalue weighted by Crippen LogP contribution is -2.21. The van der Waals surface area contributed by atoms with Gasteiger partial charge < -0.3 is 14.2 Å². The summed E-state index contributed by atoms with van der Waals surface area (Å²) in [7, 11) is 0. The fourth-order valence-electron chi connectivity index (χ4n) is 0.783. The van der Waals surface area contributed by atoms with Crippen LogP contribution in [0.1, 0.15) is 20.8 Å². The van der Waals surface area contributed by atoms with Crippen molar-refractivity contribution in [3.05, 3.63) is 0 Å². The second kappa shape index (κ2) is 3.52. The van der Waals surface area contributed by atoms with Crippen molar-refractivity contribution < 1.29 is 14.2 Å². The highest BCUT2D eigenvalue weighted by atomic mass is 16.7. The van der Waals surface area contributed by atoms with Gasteiger partial charge in [-0.05, 0) is 20.8 Å². The molecule has 0 N–H and O–H groups in total. The Labute approximate surface area is 67.6 Å². The van der Waals surface area contributed by atoms with E-state index in [0.29, 0.717) is 13.2 Å². The molecule has 1 saturated heterocycles. The van der Waals surface area contributed by atoms with Crippen molar-refractivity contribution >= 4 is 0 Å². The van der Waals surface area contributed by atoms with Gasteiger partial charge in [-0.2, -0.15) is 0 Å². The lowest BCUT2D eigenvalue weighted by atomic mass is 10.2. The van der Waals surface area contributed by atoms with Crippen molar-refractivity contribution in [1.29, 1.82) is 0 Å². The topological polar surface area (TPSA) is 31.0 Å². The van der Waals surface area contributed by atoms with Gasteiger partial charge in [-0.25, -0.2) is 0 Å². The summed E-state index contributed by atoms with van der Waals surface area (Å²) >= 11 is 0. The largest absolute Gasteiger partial charge is 0.367 e. The molecule has 0 bridgehead atoms. The van der Waals surface area contributed by atoms with Crippen LogP contribution in [0.5, 0.6) is 0 Å². The number of rotatable bonds is 5. The molecule has 0 radical (unpaired) electrons. The molecule has 0 aromatic heterocycles. The van der Waals surface area contributed by atoms with Crippen LogP contribution < -0.4 is 0 Å². The van der Waals surface area contributed by atoms with E-state index in [2.05, 4.69) is 0 Å². The second-order valence-electron chi connectivity index (χ2n) is 3.07. The molecule has 1 aliphatic rings. The van der Waals surface area contributed by atoms with Crippen LogP contribution in [-0.2, 0) is 14.2 Å². The number of hydrogen-bond acceptors (Lipinski definition) is 3. The Balaban J connectivity index is 2.01. The Hall–Kier alpha value is -0.120. The van der Waals surface area contributed by atoms with Crippen molar-refractivity contribution in [2.75, 3.05) is 19.8 Å². The minimum atomic E-state index is -0.110. The maximum Gasteiger partial charge on any atom is 0.154 e. The summed E-state index contributed by atoms with van der Waals surface area (Å²) in [5.41, 5.74) is -0.0225. The third-order valence-electron chi connectivity index (χ3n) is 1.66. The first-order valence-electron chi connectivity index (χ1n) is 4.03. The molecular weight excluding hydrogens is 144 g/mol. The Morgan fingerprint density at radius 1 is 1.55 bits per heavy atom. The van der Waals surface area contributed by atoms with Gasteiger partial charge in [-0.15, -0.1) is 0 Å². The predicted octanol–water partition coefficient (Wildman–Crippen LogP) is 1.17. The van der Waals surface area contributed by atoms with E-state index in [0.717, 1.165) is 6.61 Å². The molecule has 0 amide bonds. The molecule has 3 heteroatoms. The zero-order chi connectivity index (χ0) is 8.32. The fraction of sp³-hybridized carbons (Fsp3) is 1.00. The maximum atomic E-state index is 5.36. The van der Waals surface area contributed by atoms with Crippen LogP contribution >= 0.6 is 0 Å². The van der Waals surface area contributed by atoms with E-state index >= 15 is 0 Å². The van der Waals surface area contributed by atoms with Gasteiger partial charge in [0.2, 0.25) is 0 Å². The minimum absolute atomic E-state index is 0.0225. The third kappa shape index (κ3) is 3.18. The highest BCUT2D eigenvalue weighted by molar-refractivity contribution is 4.86.